The van der Waals surface area contributed by atoms with Gasteiger partial charge in [0.25, 0.3) is 5.56 Å². The van der Waals surface area contributed by atoms with Crippen molar-refractivity contribution < 1.29 is 22.5 Å². The zero-order valence-electron chi connectivity index (χ0n) is 13.2. The van der Waals surface area contributed by atoms with E-state index in [0.29, 0.717) is 4.57 Å². The highest BCUT2D eigenvalue weighted by atomic mass is 19.4. The molecule has 0 saturated heterocycles. The zero-order valence-corrected chi connectivity index (χ0v) is 13.2. The second kappa shape index (κ2) is 6.63. The Kier molecular flexibility index (Phi) is 4.47. The van der Waals surface area contributed by atoms with Crippen LogP contribution in [-0.2, 0) is 6.54 Å². The Balaban J connectivity index is 2.04. The van der Waals surface area contributed by atoms with Crippen molar-refractivity contribution >= 4 is 28.4 Å². The van der Waals surface area contributed by atoms with E-state index in [1.54, 1.807) is 0 Å². The second-order valence-corrected chi connectivity index (χ2v) is 5.39. The second-order valence-electron chi connectivity index (χ2n) is 5.39. The number of pyridine rings is 1. The van der Waals surface area contributed by atoms with Crippen molar-refractivity contribution in [1.82, 2.24) is 14.5 Å². The van der Waals surface area contributed by atoms with E-state index in [4.69, 9.17) is 0 Å². The van der Waals surface area contributed by atoms with Gasteiger partial charge in [-0.05, 0) is 18.2 Å². The van der Waals surface area contributed by atoms with Gasteiger partial charge in [-0.25, -0.2) is 4.98 Å². The maximum absolute atomic E-state index is 13.4. The maximum Gasteiger partial charge on any atom is 0.406 e. The van der Waals surface area contributed by atoms with Crippen LogP contribution in [0.1, 0.15) is 0 Å². The van der Waals surface area contributed by atoms with E-state index >= 15 is 0 Å². The third-order valence-electron chi connectivity index (χ3n) is 3.46. The summed E-state index contributed by atoms with van der Waals surface area (Å²) < 4.78 is 52.0. The molecule has 0 fully saturated rings. The molecule has 0 aliphatic heterocycles. The predicted octanol–water partition coefficient (Wildman–Crippen LogP) is 3.14. The summed E-state index contributed by atoms with van der Waals surface area (Å²) in [5.41, 5.74) is -1.92. The van der Waals surface area contributed by atoms with Gasteiger partial charge >= 0.3 is 11.9 Å². The van der Waals surface area contributed by atoms with E-state index in [9.17, 15) is 32.5 Å². The molecule has 0 aliphatic carbocycles. The van der Waals surface area contributed by atoms with Crippen LogP contribution in [0.2, 0.25) is 0 Å². The normalized spacial score (nSPS) is 11.6. The van der Waals surface area contributed by atoms with Crippen LogP contribution in [0.25, 0.3) is 11.0 Å². The molecule has 12 heteroatoms. The van der Waals surface area contributed by atoms with Crippen LogP contribution in [0.5, 0.6) is 0 Å². The molecule has 2 aromatic heterocycles. The lowest BCUT2D eigenvalue weighted by Gasteiger charge is -2.12. The summed E-state index contributed by atoms with van der Waals surface area (Å²) in [5.74, 6) is -1.27. The quantitative estimate of drug-likeness (QED) is 0.422. The first-order valence-electron chi connectivity index (χ1n) is 7.28. The number of fused-ring (bicyclic) bond motifs is 1. The van der Waals surface area contributed by atoms with Crippen molar-refractivity contribution in [1.29, 1.82) is 0 Å². The SMILES string of the molecule is O=c1ccc2cnc(Nc3ccc(F)c([N+](=O)[O-])c3)nc2n1CC(F)(F)F. The number of hydrogen-bond donors (Lipinski definition) is 1. The van der Waals surface area contributed by atoms with Gasteiger partial charge in [0.1, 0.15) is 12.2 Å². The number of nitro groups is 1. The molecule has 1 N–H and O–H groups in total. The molecular formula is C15H9F4N5O3. The Morgan fingerprint density at radius 3 is 2.63 bits per heavy atom. The van der Waals surface area contributed by atoms with Crippen molar-refractivity contribution in [2.24, 2.45) is 0 Å². The lowest BCUT2D eigenvalue weighted by atomic mass is 10.2. The Morgan fingerprint density at radius 2 is 1.96 bits per heavy atom. The van der Waals surface area contributed by atoms with Crippen LogP contribution < -0.4 is 10.9 Å². The number of nitrogens with zero attached hydrogens (tertiary/aromatic N) is 4. The van der Waals surface area contributed by atoms with Crippen LogP contribution in [0.3, 0.4) is 0 Å². The number of alkyl halides is 3. The number of benzene rings is 1. The van der Waals surface area contributed by atoms with Crippen LogP contribution in [-0.4, -0.2) is 25.6 Å². The molecule has 0 bridgehead atoms. The van der Waals surface area contributed by atoms with Gasteiger partial charge < -0.3 is 5.32 Å². The maximum atomic E-state index is 13.4. The number of halogens is 4. The van der Waals surface area contributed by atoms with Crippen molar-refractivity contribution in [3.63, 3.8) is 0 Å². The van der Waals surface area contributed by atoms with Crippen molar-refractivity contribution in [3.05, 3.63) is 62.8 Å². The largest absolute Gasteiger partial charge is 0.406 e. The molecule has 8 nitrogen and oxygen atoms in total. The first-order valence-corrected chi connectivity index (χ1v) is 7.28. The molecular weight excluding hydrogens is 374 g/mol. The predicted molar refractivity (Wildman–Crippen MR) is 86.2 cm³/mol. The average molecular weight is 383 g/mol. The monoisotopic (exact) mass is 383 g/mol. The number of anilines is 2. The summed E-state index contributed by atoms with van der Waals surface area (Å²) in [4.78, 5) is 29.4. The Labute approximate surface area is 147 Å². The van der Waals surface area contributed by atoms with Crippen molar-refractivity contribution in [2.75, 3.05) is 5.32 Å². The van der Waals surface area contributed by atoms with Gasteiger partial charge in [-0.15, -0.1) is 0 Å². The van der Waals surface area contributed by atoms with Crippen LogP contribution in [0, 0.1) is 15.9 Å². The summed E-state index contributed by atoms with van der Waals surface area (Å²) >= 11 is 0. The number of nitrogens with one attached hydrogen (secondary N) is 1. The van der Waals surface area contributed by atoms with Crippen LogP contribution in [0.4, 0.5) is 34.9 Å². The molecule has 3 aromatic rings. The summed E-state index contributed by atoms with van der Waals surface area (Å²) in [5, 5.41) is 13.5. The van der Waals surface area contributed by atoms with E-state index < -0.39 is 34.7 Å². The van der Waals surface area contributed by atoms with Crippen LogP contribution in [0.15, 0.2) is 41.3 Å². The minimum absolute atomic E-state index is 0.0445. The number of hydrogen-bond acceptors (Lipinski definition) is 6. The third kappa shape index (κ3) is 3.99. The molecule has 0 unspecified atom stereocenters. The topological polar surface area (TPSA) is 103 Å². The fraction of sp³-hybridized carbons (Fsp3) is 0.133. The third-order valence-corrected chi connectivity index (χ3v) is 3.46. The summed E-state index contributed by atoms with van der Waals surface area (Å²) in [6.45, 7) is -1.54. The van der Waals surface area contributed by atoms with Gasteiger partial charge in [0.15, 0.2) is 0 Å². The first-order chi connectivity index (χ1) is 12.6. The molecule has 1 aromatic carbocycles. The van der Waals surface area contributed by atoms with E-state index in [1.165, 1.54) is 18.3 Å². The highest BCUT2D eigenvalue weighted by Gasteiger charge is 2.29. The summed E-state index contributed by atoms with van der Waals surface area (Å²) in [6, 6.07) is 5.15. The molecule has 3 rings (SSSR count). The zero-order chi connectivity index (χ0) is 19.8. The lowest BCUT2D eigenvalue weighted by molar-refractivity contribution is -0.387. The molecule has 0 atom stereocenters. The van der Waals surface area contributed by atoms with Crippen molar-refractivity contribution in [2.45, 2.75) is 12.7 Å². The minimum Gasteiger partial charge on any atom is -0.324 e. The molecule has 0 saturated carbocycles. The Morgan fingerprint density at radius 1 is 1.22 bits per heavy atom. The van der Waals surface area contributed by atoms with E-state index in [2.05, 4.69) is 15.3 Å². The highest BCUT2D eigenvalue weighted by molar-refractivity contribution is 5.75. The molecule has 140 valence electrons. The highest BCUT2D eigenvalue weighted by Crippen LogP contribution is 2.24. The van der Waals surface area contributed by atoms with Crippen molar-refractivity contribution in [3.8, 4) is 0 Å². The standard InChI is InChI=1S/C15H9F4N5O3/c16-10-3-2-9(5-11(10)24(26)27)21-14-20-6-8-1-4-12(25)23(13(8)22-14)7-15(17,18)19/h1-6H,7H2,(H,20,21,22). The minimum atomic E-state index is -4.64. The lowest BCUT2D eigenvalue weighted by Crippen LogP contribution is -2.28. The van der Waals surface area contributed by atoms with Gasteiger partial charge in [0.05, 0.1) is 4.92 Å². The van der Waals surface area contributed by atoms with E-state index in [0.717, 1.165) is 18.2 Å². The number of aromatic nitrogens is 3. The first kappa shape index (κ1) is 18.2. The van der Waals surface area contributed by atoms with E-state index in [1.807, 2.05) is 0 Å². The van der Waals surface area contributed by atoms with Gasteiger partial charge in [0.2, 0.25) is 11.8 Å². The fourth-order valence-electron chi connectivity index (χ4n) is 2.32. The Hall–Kier alpha value is -3.57. The molecule has 0 amide bonds. The van der Waals surface area contributed by atoms with Gasteiger partial charge in [-0.3, -0.25) is 19.5 Å². The molecule has 2 heterocycles. The smallest absolute Gasteiger partial charge is 0.324 e. The molecule has 0 aliphatic rings. The van der Waals surface area contributed by atoms with Gasteiger partial charge in [0, 0.05) is 29.4 Å². The fourth-order valence-corrected chi connectivity index (χ4v) is 2.32. The molecule has 0 spiro atoms. The number of rotatable bonds is 4. The van der Waals surface area contributed by atoms with Gasteiger partial charge in [-0.1, -0.05) is 0 Å². The number of nitro benzene ring substituents is 1. The average Bonchev–Trinajstić information content (AvgIpc) is 2.58. The summed E-state index contributed by atoms with van der Waals surface area (Å²) in [7, 11) is 0. The van der Waals surface area contributed by atoms with E-state index in [-0.39, 0.29) is 22.7 Å². The molecule has 0 radical (unpaired) electrons. The van der Waals surface area contributed by atoms with Crippen LogP contribution >= 0.6 is 0 Å². The molecule has 27 heavy (non-hydrogen) atoms. The summed E-state index contributed by atoms with van der Waals surface area (Å²) in [6.07, 6.45) is -3.46. The Bertz CT molecular complexity index is 1100. The van der Waals surface area contributed by atoms with Gasteiger partial charge in [-0.2, -0.15) is 22.5 Å².